The highest BCUT2D eigenvalue weighted by molar-refractivity contribution is 5.82. The molecule has 1 aliphatic rings. The fraction of sp³-hybridized carbons (Fsp3) is 0.333. The summed E-state index contributed by atoms with van der Waals surface area (Å²) in [6.45, 7) is 2.10. The van der Waals surface area contributed by atoms with E-state index in [1.54, 1.807) is 0 Å². The van der Waals surface area contributed by atoms with Gasteiger partial charge in [-0.2, -0.15) is 0 Å². The van der Waals surface area contributed by atoms with Gasteiger partial charge < -0.3 is 20.5 Å². The number of benzene rings is 2. The van der Waals surface area contributed by atoms with E-state index in [0.717, 1.165) is 28.6 Å². The molecule has 4 rings (SSSR count). The molecule has 3 N–H and O–H groups in total. The summed E-state index contributed by atoms with van der Waals surface area (Å²) in [7, 11) is 0. The lowest BCUT2D eigenvalue weighted by Crippen LogP contribution is -2.41. The van der Waals surface area contributed by atoms with E-state index < -0.39 is 0 Å². The highest BCUT2D eigenvalue weighted by Gasteiger charge is 2.30. The van der Waals surface area contributed by atoms with Gasteiger partial charge in [-0.15, -0.1) is 0 Å². The Bertz CT molecular complexity index is 1000. The van der Waals surface area contributed by atoms with Crippen LogP contribution in [-0.2, 0) is 22.4 Å². The van der Waals surface area contributed by atoms with Gasteiger partial charge in [0.05, 0.1) is 31.2 Å². The topological polar surface area (TPSA) is 86.5 Å². The van der Waals surface area contributed by atoms with Crippen molar-refractivity contribution in [3.63, 3.8) is 0 Å². The molecule has 1 saturated heterocycles. The Labute approximate surface area is 176 Å². The molecule has 156 valence electrons. The van der Waals surface area contributed by atoms with Gasteiger partial charge in [0, 0.05) is 24.0 Å². The first-order valence-corrected chi connectivity index (χ1v) is 10.3. The average molecular weight is 405 g/mol. The molecule has 0 aliphatic carbocycles. The molecule has 1 amide bonds. The van der Waals surface area contributed by atoms with Crippen molar-refractivity contribution >= 4 is 16.8 Å². The number of pyridine rings is 1. The van der Waals surface area contributed by atoms with Gasteiger partial charge in [-0.25, -0.2) is 0 Å². The van der Waals surface area contributed by atoms with Gasteiger partial charge in [-0.05, 0) is 41.8 Å². The van der Waals surface area contributed by atoms with Gasteiger partial charge >= 0.3 is 0 Å². The van der Waals surface area contributed by atoms with Gasteiger partial charge in [-0.3, -0.25) is 9.78 Å². The quantitative estimate of drug-likeness (QED) is 0.601. The Balaban J connectivity index is 1.38. The van der Waals surface area contributed by atoms with Crippen LogP contribution in [0.3, 0.4) is 0 Å². The summed E-state index contributed by atoms with van der Waals surface area (Å²) in [5, 5.41) is 4.33. The van der Waals surface area contributed by atoms with Crippen molar-refractivity contribution in [1.82, 2.24) is 10.3 Å². The normalized spacial score (nSPS) is 18.4. The number of rotatable bonds is 8. The van der Waals surface area contributed by atoms with Crippen LogP contribution in [-0.4, -0.2) is 43.3 Å². The molecule has 0 spiro atoms. The molecule has 6 nitrogen and oxygen atoms in total. The third-order valence-corrected chi connectivity index (χ3v) is 5.42. The van der Waals surface area contributed by atoms with E-state index in [1.165, 1.54) is 5.56 Å². The van der Waals surface area contributed by atoms with E-state index in [2.05, 4.69) is 22.4 Å². The summed E-state index contributed by atoms with van der Waals surface area (Å²) in [5.74, 6) is 0.961. The van der Waals surface area contributed by atoms with Crippen LogP contribution in [0.15, 0.2) is 60.8 Å². The number of carbonyl (C=O) groups is 1. The molecule has 1 aliphatic heterocycles. The summed E-state index contributed by atoms with van der Waals surface area (Å²) >= 11 is 0. The minimum atomic E-state index is -0.00828. The molecule has 0 radical (unpaired) electrons. The van der Waals surface area contributed by atoms with Crippen LogP contribution < -0.4 is 15.8 Å². The van der Waals surface area contributed by atoms with Crippen LogP contribution in [0.4, 0.5) is 0 Å². The molecule has 0 saturated carbocycles. The number of nitrogens with zero attached hydrogens (tertiary/aromatic N) is 1. The Hall–Kier alpha value is -2.96. The lowest BCUT2D eigenvalue weighted by Gasteiger charge is -2.20. The van der Waals surface area contributed by atoms with E-state index in [-0.39, 0.29) is 17.9 Å². The minimum absolute atomic E-state index is 0.00102. The fourth-order valence-corrected chi connectivity index (χ4v) is 3.94. The Kier molecular flexibility index (Phi) is 6.57. The second kappa shape index (κ2) is 9.69. The summed E-state index contributed by atoms with van der Waals surface area (Å²) in [5.41, 5.74) is 8.62. The number of nitrogens with two attached hydrogens (primary N) is 1. The number of para-hydroxylation sites is 1. The molecule has 6 heteroatoms. The van der Waals surface area contributed by atoms with Crippen LogP contribution in [0.25, 0.3) is 10.9 Å². The zero-order chi connectivity index (χ0) is 20.8. The number of nitrogens with one attached hydrogen (secondary N) is 1. The maximum Gasteiger partial charge on any atom is 0.224 e. The predicted octanol–water partition coefficient (Wildman–Crippen LogP) is 2.49. The highest BCUT2D eigenvalue weighted by Crippen LogP contribution is 2.24. The molecule has 2 heterocycles. The lowest BCUT2D eigenvalue weighted by molar-refractivity contribution is -0.121. The van der Waals surface area contributed by atoms with Crippen molar-refractivity contribution in [1.29, 1.82) is 0 Å². The monoisotopic (exact) mass is 405 g/mol. The highest BCUT2D eigenvalue weighted by atomic mass is 16.5. The van der Waals surface area contributed by atoms with E-state index in [4.69, 9.17) is 15.2 Å². The van der Waals surface area contributed by atoms with Crippen molar-refractivity contribution < 1.29 is 14.3 Å². The number of ether oxygens (including phenoxy) is 2. The van der Waals surface area contributed by atoms with Crippen molar-refractivity contribution in [3.8, 4) is 5.75 Å². The first kappa shape index (κ1) is 20.3. The second-order valence-corrected chi connectivity index (χ2v) is 7.62. The SMILES string of the molecule is NCCOc1cccc(CC(=O)N[C@H]2COC[C@H]2Cc2ccnc3ccccc23)c1. The summed E-state index contributed by atoms with van der Waals surface area (Å²) < 4.78 is 11.3. The predicted molar refractivity (Wildman–Crippen MR) is 116 cm³/mol. The van der Waals surface area contributed by atoms with E-state index in [9.17, 15) is 4.79 Å². The number of hydrogen-bond acceptors (Lipinski definition) is 5. The zero-order valence-electron chi connectivity index (χ0n) is 16.9. The molecule has 1 aromatic heterocycles. The molecule has 0 bridgehead atoms. The molecule has 1 fully saturated rings. The molecule has 3 aromatic rings. The van der Waals surface area contributed by atoms with Crippen LogP contribution >= 0.6 is 0 Å². The maximum atomic E-state index is 12.7. The lowest BCUT2D eigenvalue weighted by atomic mass is 9.93. The van der Waals surface area contributed by atoms with Crippen molar-refractivity contribution in [2.24, 2.45) is 11.7 Å². The fourth-order valence-electron chi connectivity index (χ4n) is 3.94. The minimum Gasteiger partial charge on any atom is -0.492 e. The van der Waals surface area contributed by atoms with Gasteiger partial charge in [0.15, 0.2) is 0 Å². The first-order chi connectivity index (χ1) is 14.7. The number of amides is 1. The molecule has 2 atom stereocenters. The van der Waals surface area contributed by atoms with Gasteiger partial charge in [0.25, 0.3) is 0 Å². The summed E-state index contributed by atoms with van der Waals surface area (Å²) in [6, 6.07) is 17.8. The van der Waals surface area contributed by atoms with Crippen LogP contribution in [0.5, 0.6) is 5.75 Å². The van der Waals surface area contributed by atoms with Crippen LogP contribution in [0.2, 0.25) is 0 Å². The number of fused-ring (bicyclic) bond motifs is 1. The molecular weight excluding hydrogens is 378 g/mol. The number of carbonyl (C=O) groups excluding carboxylic acids is 1. The average Bonchev–Trinajstić information content (AvgIpc) is 3.19. The Morgan fingerprint density at radius 1 is 1.17 bits per heavy atom. The Morgan fingerprint density at radius 3 is 2.97 bits per heavy atom. The summed E-state index contributed by atoms with van der Waals surface area (Å²) in [6.07, 6.45) is 3.00. The first-order valence-electron chi connectivity index (χ1n) is 10.3. The largest absolute Gasteiger partial charge is 0.492 e. The smallest absolute Gasteiger partial charge is 0.224 e. The van der Waals surface area contributed by atoms with Crippen LogP contribution in [0, 0.1) is 5.92 Å². The number of aromatic nitrogens is 1. The third kappa shape index (κ3) is 4.96. The van der Waals surface area contributed by atoms with Crippen molar-refractivity contribution in [3.05, 3.63) is 71.9 Å². The number of hydrogen-bond donors (Lipinski definition) is 2. The summed E-state index contributed by atoms with van der Waals surface area (Å²) in [4.78, 5) is 17.1. The van der Waals surface area contributed by atoms with Crippen molar-refractivity contribution in [2.45, 2.75) is 18.9 Å². The molecule has 0 unspecified atom stereocenters. The Morgan fingerprint density at radius 2 is 2.07 bits per heavy atom. The standard InChI is InChI=1S/C24H27N3O3/c25-9-11-30-20-5-3-4-17(12-20)13-24(28)27-23-16-29-15-19(23)14-18-8-10-26-22-7-2-1-6-21(18)22/h1-8,10,12,19,23H,9,11,13-16,25H2,(H,27,28)/t19-,23+/m1/s1. The third-order valence-electron chi connectivity index (χ3n) is 5.42. The van der Waals surface area contributed by atoms with E-state index in [1.807, 2.05) is 48.7 Å². The van der Waals surface area contributed by atoms with Gasteiger partial charge in [-0.1, -0.05) is 30.3 Å². The van der Waals surface area contributed by atoms with Gasteiger partial charge in [0.2, 0.25) is 5.91 Å². The van der Waals surface area contributed by atoms with E-state index >= 15 is 0 Å². The molecular formula is C24H27N3O3. The van der Waals surface area contributed by atoms with E-state index in [0.29, 0.717) is 32.8 Å². The molecule has 2 aromatic carbocycles. The maximum absolute atomic E-state index is 12.7. The second-order valence-electron chi connectivity index (χ2n) is 7.62. The van der Waals surface area contributed by atoms with Crippen LogP contribution in [0.1, 0.15) is 11.1 Å². The van der Waals surface area contributed by atoms with Crippen molar-refractivity contribution in [2.75, 3.05) is 26.4 Å². The molecule has 30 heavy (non-hydrogen) atoms. The zero-order valence-corrected chi connectivity index (χ0v) is 16.9. The van der Waals surface area contributed by atoms with Gasteiger partial charge in [0.1, 0.15) is 12.4 Å².